The van der Waals surface area contributed by atoms with Gasteiger partial charge in [-0.3, -0.25) is 0 Å². The van der Waals surface area contributed by atoms with Crippen molar-refractivity contribution in [3.63, 3.8) is 0 Å². The van der Waals surface area contributed by atoms with Gasteiger partial charge in [-0.15, -0.1) is 0 Å². The average Bonchev–Trinajstić information content (AvgIpc) is 2.57. The van der Waals surface area contributed by atoms with Crippen LogP contribution in [-0.2, 0) is 14.8 Å². The summed E-state index contributed by atoms with van der Waals surface area (Å²) in [5, 5.41) is 0. The zero-order valence-corrected chi connectivity index (χ0v) is 15.7. The smallest absolute Gasteiger partial charge is 0.338 e. The summed E-state index contributed by atoms with van der Waals surface area (Å²) >= 11 is 0. The summed E-state index contributed by atoms with van der Waals surface area (Å²) in [4.78, 5) is 11.8. The first-order valence-corrected chi connectivity index (χ1v) is 9.59. The summed E-state index contributed by atoms with van der Waals surface area (Å²) in [7, 11) is -3.69. The van der Waals surface area contributed by atoms with Gasteiger partial charge in [0.1, 0.15) is 0 Å². The van der Waals surface area contributed by atoms with Crippen molar-refractivity contribution in [3.8, 4) is 0 Å². The lowest BCUT2D eigenvalue weighted by Gasteiger charge is -2.17. The van der Waals surface area contributed by atoms with Crippen LogP contribution in [0, 0.1) is 13.8 Å². The first-order valence-electron chi connectivity index (χ1n) is 8.11. The lowest BCUT2D eigenvalue weighted by atomic mass is 10.0. The van der Waals surface area contributed by atoms with E-state index in [2.05, 4.69) is 4.72 Å². The normalized spacial score (nSPS) is 12.6. The fourth-order valence-electron chi connectivity index (χ4n) is 2.58. The highest BCUT2D eigenvalue weighted by molar-refractivity contribution is 7.89. The van der Waals surface area contributed by atoms with E-state index < -0.39 is 16.0 Å². The van der Waals surface area contributed by atoms with Gasteiger partial charge in [0.05, 0.1) is 17.1 Å². The zero-order chi connectivity index (χ0) is 18.6. The second kappa shape index (κ2) is 7.80. The van der Waals surface area contributed by atoms with Crippen LogP contribution >= 0.6 is 0 Å². The number of hydrogen-bond acceptors (Lipinski definition) is 4. The lowest BCUT2D eigenvalue weighted by molar-refractivity contribution is 0.0526. The Morgan fingerprint density at radius 3 is 2.36 bits per heavy atom. The van der Waals surface area contributed by atoms with E-state index in [9.17, 15) is 13.2 Å². The van der Waals surface area contributed by atoms with Crippen LogP contribution in [-0.4, -0.2) is 21.0 Å². The van der Waals surface area contributed by atoms with Crippen molar-refractivity contribution in [2.24, 2.45) is 0 Å². The van der Waals surface area contributed by atoms with Crippen molar-refractivity contribution in [2.75, 3.05) is 6.61 Å². The van der Waals surface area contributed by atoms with Crippen molar-refractivity contribution in [3.05, 3.63) is 64.7 Å². The molecule has 1 N–H and O–H groups in total. The van der Waals surface area contributed by atoms with Gasteiger partial charge >= 0.3 is 5.97 Å². The van der Waals surface area contributed by atoms with E-state index >= 15 is 0 Å². The van der Waals surface area contributed by atoms with E-state index in [0.717, 1.165) is 16.7 Å². The Balaban J connectivity index is 2.21. The molecule has 0 aromatic heterocycles. The number of hydrogen-bond donors (Lipinski definition) is 1. The summed E-state index contributed by atoms with van der Waals surface area (Å²) in [6.45, 7) is 7.72. The highest BCUT2D eigenvalue weighted by Crippen LogP contribution is 2.21. The molecule has 0 aliphatic heterocycles. The van der Waals surface area contributed by atoms with E-state index in [1.165, 1.54) is 24.3 Å². The van der Waals surface area contributed by atoms with Crippen molar-refractivity contribution >= 4 is 16.0 Å². The number of sulfonamides is 1. The molecule has 0 spiro atoms. The standard InChI is InChI=1S/C19H23NO4S/c1-5-24-19(21)16-8-10-17(11-9-16)25(22,23)20-15(4)18-12-13(2)6-7-14(18)3/h6-12,15,20H,5H2,1-4H3. The molecule has 2 rings (SSSR count). The minimum atomic E-state index is -3.69. The molecule has 1 unspecified atom stereocenters. The molecule has 134 valence electrons. The van der Waals surface area contributed by atoms with E-state index in [-0.39, 0.29) is 17.5 Å². The van der Waals surface area contributed by atoms with E-state index in [0.29, 0.717) is 5.56 Å². The Morgan fingerprint density at radius 2 is 1.76 bits per heavy atom. The fraction of sp³-hybridized carbons (Fsp3) is 0.316. The number of esters is 1. The number of aryl methyl sites for hydroxylation is 2. The van der Waals surface area contributed by atoms with E-state index in [1.54, 1.807) is 6.92 Å². The van der Waals surface area contributed by atoms with Crippen LogP contribution in [0.1, 0.15) is 46.9 Å². The van der Waals surface area contributed by atoms with Gasteiger partial charge in [0.25, 0.3) is 0 Å². The Morgan fingerprint density at radius 1 is 1.12 bits per heavy atom. The SMILES string of the molecule is CCOC(=O)c1ccc(S(=O)(=O)NC(C)c2cc(C)ccc2C)cc1. The maximum absolute atomic E-state index is 12.6. The highest BCUT2D eigenvalue weighted by atomic mass is 32.2. The third-order valence-electron chi connectivity index (χ3n) is 3.91. The quantitative estimate of drug-likeness (QED) is 0.799. The van der Waals surface area contributed by atoms with Crippen LogP contribution < -0.4 is 4.72 Å². The van der Waals surface area contributed by atoms with Crippen LogP contribution in [0.4, 0.5) is 0 Å². The zero-order valence-electron chi connectivity index (χ0n) is 14.9. The van der Waals surface area contributed by atoms with Gasteiger partial charge < -0.3 is 4.74 Å². The van der Waals surface area contributed by atoms with Crippen molar-refractivity contribution < 1.29 is 17.9 Å². The number of carbonyl (C=O) groups excluding carboxylic acids is 1. The molecule has 0 saturated carbocycles. The third-order valence-corrected chi connectivity index (χ3v) is 5.47. The summed E-state index contributed by atoms with van der Waals surface area (Å²) in [6, 6.07) is 11.3. The first-order chi connectivity index (χ1) is 11.7. The molecule has 0 heterocycles. The Labute approximate surface area is 149 Å². The molecule has 2 aromatic rings. The molecule has 0 bridgehead atoms. The number of benzene rings is 2. The molecule has 0 aliphatic rings. The monoisotopic (exact) mass is 361 g/mol. The molecule has 25 heavy (non-hydrogen) atoms. The fourth-order valence-corrected chi connectivity index (χ4v) is 3.80. The van der Waals surface area contributed by atoms with Gasteiger partial charge in [0.2, 0.25) is 10.0 Å². The van der Waals surface area contributed by atoms with Crippen LogP contribution in [0.25, 0.3) is 0 Å². The van der Waals surface area contributed by atoms with Crippen molar-refractivity contribution in [2.45, 2.75) is 38.6 Å². The third kappa shape index (κ3) is 4.67. The van der Waals surface area contributed by atoms with Gasteiger partial charge in [-0.25, -0.2) is 17.9 Å². The summed E-state index contributed by atoms with van der Waals surface area (Å²) in [5.41, 5.74) is 3.36. The van der Waals surface area contributed by atoms with Gasteiger partial charge in [0, 0.05) is 6.04 Å². The predicted octanol–water partition coefficient (Wildman–Crippen LogP) is 3.52. The van der Waals surface area contributed by atoms with Crippen LogP contribution in [0.2, 0.25) is 0 Å². The summed E-state index contributed by atoms with van der Waals surface area (Å²) < 4.78 is 32.8. The molecule has 0 saturated heterocycles. The largest absolute Gasteiger partial charge is 0.462 e. The number of carbonyl (C=O) groups is 1. The molecular weight excluding hydrogens is 338 g/mol. The Kier molecular flexibility index (Phi) is 5.98. The van der Waals surface area contributed by atoms with E-state index in [1.807, 2.05) is 39.0 Å². The van der Waals surface area contributed by atoms with E-state index in [4.69, 9.17) is 4.74 Å². The summed E-state index contributed by atoms with van der Waals surface area (Å²) in [6.07, 6.45) is 0. The van der Waals surface area contributed by atoms with Gasteiger partial charge in [-0.05, 0) is 63.1 Å². The van der Waals surface area contributed by atoms with Crippen LogP contribution in [0.3, 0.4) is 0 Å². The summed E-state index contributed by atoms with van der Waals surface area (Å²) in [5.74, 6) is -0.469. The average molecular weight is 361 g/mol. The molecule has 0 amide bonds. The maximum atomic E-state index is 12.6. The molecule has 0 aliphatic carbocycles. The molecule has 0 radical (unpaired) electrons. The maximum Gasteiger partial charge on any atom is 0.338 e. The second-order valence-electron chi connectivity index (χ2n) is 5.95. The first kappa shape index (κ1) is 19.1. The topological polar surface area (TPSA) is 72.5 Å². The van der Waals surface area contributed by atoms with Gasteiger partial charge in [-0.1, -0.05) is 23.8 Å². The predicted molar refractivity (Wildman–Crippen MR) is 97.1 cm³/mol. The van der Waals surface area contributed by atoms with Gasteiger partial charge in [-0.2, -0.15) is 0 Å². The molecule has 6 heteroatoms. The number of ether oxygens (including phenoxy) is 1. The minimum Gasteiger partial charge on any atom is -0.462 e. The van der Waals surface area contributed by atoms with Crippen LogP contribution in [0.5, 0.6) is 0 Å². The number of rotatable bonds is 6. The second-order valence-corrected chi connectivity index (χ2v) is 7.66. The van der Waals surface area contributed by atoms with Crippen molar-refractivity contribution in [1.82, 2.24) is 4.72 Å². The molecule has 1 atom stereocenters. The minimum absolute atomic E-state index is 0.109. The molecule has 2 aromatic carbocycles. The van der Waals surface area contributed by atoms with Gasteiger partial charge in [0.15, 0.2) is 0 Å². The van der Waals surface area contributed by atoms with Crippen molar-refractivity contribution in [1.29, 1.82) is 0 Å². The van der Waals surface area contributed by atoms with Crippen LogP contribution in [0.15, 0.2) is 47.4 Å². The Hall–Kier alpha value is -2.18. The molecule has 5 nitrogen and oxygen atoms in total. The number of nitrogens with one attached hydrogen (secondary N) is 1. The molecule has 0 fully saturated rings. The Bertz CT molecular complexity index is 857. The highest BCUT2D eigenvalue weighted by Gasteiger charge is 2.20. The lowest BCUT2D eigenvalue weighted by Crippen LogP contribution is -2.27. The molecular formula is C19H23NO4S.